The Morgan fingerprint density at radius 1 is 1.67 bits per heavy atom. The van der Waals surface area contributed by atoms with E-state index in [1.807, 2.05) is 18.8 Å². The summed E-state index contributed by atoms with van der Waals surface area (Å²) in [5.41, 5.74) is 0. The van der Waals surface area contributed by atoms with Crippen LogP contribution in [0.5, 0.6) is 0 Å². The molecule has 0 spiro atoms. The predicted octanol–water partition coefficient (Wildman–Crippen LogP) is 0.499. The summed E-state index contributed by atoms with van der Waals surface area (Å²) in [6.07, 6.45) is 0. The third-order valence-corrected chi connectivity index (χ3v) is 3.69. The van der Waals surface area contributed by atoms with Crippen molar-refractivity contribution < 1.29 is 9.53 Å². The summed E-state index contributed by atoms with van der Waals surface area (Å²) in [6, 6.07) is 0.266. The first-order chi connectivity index (χ1) is 5.70. The van der Waals surface area contributed by atoms with Crippen LogP contribution in [0.4, 0.5) is 0 Å². The largest absolute Gasteiger partial charge is 0.469 e. The van der Waals surface area contributed by atoms with Gasteiger partial charge in [0.2, 0.25) is 0 Å². The molecule has 1 N–H and O–H groups in total. The van der Waals surface area contributed by atoms with Crippen molar-refractivity contribution >= 4 is 17.7 Å². The number of rotatable bonds is 2. The standard InChI is InChI=1S/C8H15NO2S/c1-5-7(9-2)6(4-12-5)8(10)11-3/h5-7,9H,4H2,1-3H3. The maximum atomic E-state index is 11.3. The summed E-state index contributed by atoms with van der Waals surface area (Å²) in [5.74, 6) is 0.811. The maximum absolute atomic E-state index is 11.3. The maximum Gasteiger partial charge on any atom is 0.311 e. The van der Waals surface area contributed by atoms with Gasteiger partial charge >= 0.3 is 5.97 Å². The Morgan fingerprint density at radius 3 is 2.83 bits per heavy atom. The second-order valence-electron chi connectivity index (χ2n) is 2.98. The van der Waals surface area contributed by atoms with Crippen LogP contribution in [-0.4, -0.2) is 37.2 Å². The number of nitrogens with one attached hydrogen (secondary N) is 1. The Morgan fingerprint density at radius 2 is 2.33 bits per heavy atom. The van der Waals surface area contributed by atoms with Crippen LogP contribution in [0.15, 0.2) is 0 Å². The van der Waals surface area contributed by atoms with Crippen LogP contribution in [0.1, 0.15) is 6.92 Å². The van der Waals surface area contributed by atoms with Crippen LogP contribution < -0.4 is 5.32 Å². The summed E-state index contributed by atoms with van der Waals surface area (Å²) in [7, 11) is 3.34. The Hall–Kier alpha value is -0.220. The average Bonchev–Trinajstić information content (AvgIpc) is 2.45. The topological polar surface area (TPSA) is 38.3 Å². The van der Waals surface area contributed by atoms with Crippen LogP contribution in [0, 0.1) is 5.92 Å². The second kappa shape index (κ2) is 4.14. The van der Waals surface area contributed by atoms with Gasteiger partial charge in [0.05, 0.1) is 13.0 Å². The predicted molar refractivity (Wildman–Crippen MR) is 50.3 cm³/mol. The molecule has 1 aliphatic rings. The molecule has 0 aromatic rings. The highest BCUT2D eigenvalue weighted by Crippen LogP contribution is 2.31. The molecule has 3 nitrogen and oxygen atoms in total. The lowest BCUT2D eigenvalue weighted by molar-refractivity contribution is -0.145. The second-order valence-corrected chi connectivity index (χ2v) is 4.39. The molecule has 0 aromatic carbocycles. The molecule has 0 aromatic heterocycles. The molecule has 0 bridgehead atoms. The lowest BCUT2D eigenvalue weighted by atomic mass is 10.0. The van der Waals surface area contributed by atoms with E-state index in [2.05, 4.69) is 12.2 Å². The zero-order valence-corrected chi connectivity index (χ0v) is 8.48. The first-order valence-electron chi connectivity index (χ1n) is 4.07. The number of hydrogen-bond acceptors (Lipinski definition) is 4. The number of carbonyl (C=O) groups is 1. The number of thioether (sulfide) groups is 1. The average molecular weight is 189 g/mol. The van der Waals surface area contributed by atoms with Crippen LogP contribution in [0.2, 0.25) is 0 Å². The zero-order valence-electron chi connectivity index (χ0n) is 7.66. The molecule has 12 heavy (non-hydrogen) atoms. The van der Waals surface area contributed by atoms with Crippen LogP contribution in [-0.2, 0) is 9.53 Å². The minimum Gasteiger partial charge on any atom is -0.469 e. The molecule has 1 aliphatic heterocycles. The number of hydrogen-bond donors (Lipinski definition) is 1. The van der Waals surface area contributed by atoms with Gasteiger partial charge < -0.3 is 10.1 Å². The van der Waals surface area contributed by atoms with E-state index in [9.17, 15) is 4.79 Å². The van der Waals surface area contributed by atoms with Gasteiger partial charge in [0.15, 0.2) is 0 Å². The van der Waals surface area contributed by atoms with E-state index in [1.54, 1.807) is 0 Å². The summed E-state index contributed by atoms with van der Waals surface area (Å²) in [6.45, 7) is 2.13. The monoisotopic (exact) mass is 189 g/mol. The van der Waals surface area contributed by atoms with Gasteiger partial charge in [0.25, 0.3) is 0 Å². The molecule has 0 aliphatic carbocycles. The molecule has 0 radical (unpaired) electrons. The van der Waals surface area contributed by atoms with Gasteiger partial charge in [0.1, 0.15) is 0 Å². The van der Waals surface area contributed by atoms with Gasteiger partial charge in [0, 0.05) is 17.0 Å². The van der Waals surface area contributed by atoms with Crippen molar-refractivity contribution in [3.63, 3.8) is 0 Å². The van der Waals surface area contributed by atoms with Crippen molar-refractivity contribution in [3.8, 4) is 0 Å². The minimum atomic E-state index is -0.0915. The van der Waals surface area contributed by atoms with E-state index >= 15 is 0 Å². The van der Waals surface area contributed by atoms with Crippen molar-refractivity contribution in [1.29, 1.82) is 0 Å². The van der Waals surface area contributed by atoms with Gasteiger partial charge in [-0.15, -0.1) is 0 Å². The lowest BCUT2D eigenvalue weighted by Crippen LogP contribution is -2.40. The summed E-state index contributed by atoms with van der Waals surface area (Å²) >= 11 is 1.82. The first kappa shape index (κ1) is 9.86. The Bertz CT molecular complexity index is 174. The van der Waals surface area contributed by atoms with E-state index in [0.29, 0.717) is 5.25 Å². The van der Waals surface area contributed by atoms with Crippen molar-refractivity contribution in [2.45, 2.75) is 18.2 Å². The van der Waals surface area contributed by atoms with Crippen molar-refractivity contribution in [2.24, 2.45) is 5.92 Å². The SMILES string of the molecule is CNC1C(C)SCC1C(=O)OC. The molecular weight excluding hydrogens is 174 g/mol. The molecule has 1 fully saturated rings. The summed E-state index contributed by atoms with van der Waals surface area (Å²) in [4.78, 5) is 11.3. The molecule has 1 heterocycles. The molecule has 4 heteroatoms. The van der Waals surface area contributed by atoms with Crippen molar-refractivity contribution in [2.75, 3.05) is 19.9 Å². The highest BCUT2D eigenvalue weighted by atomic mass is 32.2. The molecule has 1 saturated heterocycles. The van der Waals surface area contributed by atoms with Crippen molar-refractivity contribution in [3.05, 3.63) is 0 Å². The third-order valence-electron chi connectivity index (χ3n) is 2.32. The van der Waals surface area contributed by atoms with Gasteiger partial charge in [-0.2, -0.15) is 11.8 Å². The number of carbonyl (C=O) groups excluding carboxylic acids is 1. The van der Waals surface area contributed by atoms with Crippen LogP contribution >= 0.6 is 11.8 Å². The van der Waals surface area contributed by atoms with Gasteiger partial charge in [-0.25, -0.2) is 0 Å². The molecule has 1 rings (SSSR count). The van der Waals surface area contributed by atoms with Crippen molar-refractivity contribution in [1.82, 2.24) is 5.32 Å². The van der Waals surface area contributed by atoms with E-state index in [0.717, 1.165) is 5.75 Å². The molecule has 3 atom stereocenters. The first-order valence-corrected chi connectivity index (χ1v) is 5.12. The zero-order chi connectivity index (χ0) is 9.14. The van der Waals surface area contributed by atoms with Crippen LogP contribution in [0.25, 0.3) is 0 Å². The fourth-order valence-corrected chi connectivity index (χ4v) is 2.98. The highest BCUT2D eigenvalue weighted by molar-refractivity contribution is 8.00. The molecule has 3 unspecified atom stereocenters. The molecule has 70 valence electrons. The molecular formula is C8H15NO2S. The third kappa shape index (κ3) is 1.75. The van der Waals surface area contributed by atoms with Gasteiger partial charge in [-0.05, 0) is 7.05 Å². The van der Waals surface area contributed by atoms with E-state index < -0.39 is 0 Å². The quantitative estimate of drug-likeness (QED) is 0.642. The van der Waals surface area contributed by atoms with E-state index in [4.69, 9.17) is 4.74 Å². The van der Waals surface area contributed by atoms with Crippen LogP contribution in [0.3, 0.4) is 0 Å². The number of ether oxygens (including phenoxy) is 1. The summed E-state index contributed by atoms with van der Waals surface area (Å²) in [5, 5.41) is 3.66. The van der Waals surface area contributed by atoms with Gasteiger partial charge in [-0.3, -0.25) is 4.79 Å². The smallest absolute Gasteiger partial charge is 0.311 e. The Kier molecular flexibility index (Phi) is 3.40. The van der Waals surface area contributed by atoms with Gasteiger partial charge in [-0.1, -0.05) is 6.92 Å². The molecule has 0 amide bonds. The van der Waals surface area contributed by atoms with E-state index in [1.165, 1.54) is 7.11 Å². The normalized spacial score (nSPS) is 35.1. The highest BCUT2D eigenvalue weighted by Gasteiger charge is 2.38. The Balaban J connectivity index is 2.60. The lowest BCUT2D eigenvalue weighted by Gasteiger charge is -2.18. The summed E-state index contributed by atoms with van der Waals surface area (Å²) < 4.78 is 4.72. The molecule has 0 saturated carbocycles. The fourth-order valence-electron chi connectivity index (χ4n) is 1.59. The van der Waals surface area contributed by atoms with E-state index in [-0.39, 0.29) is 17.9 Å². The Labute approximate surface area is 77.2 Å². The number of methoxy groups -OCH3 is 1. The fraction of sp³-hybridized carbons (Fsp3) is 0.875. The number of esters is 1. The minimum absolute atomic E-state index is 0.0278.